The van der Waals surface area contributed by atoms with Gasteiger partial charge in [-0.1, -0.05) is 55.9 Å². The summed E-state index contributed by atoms with van der Waals surface area (Å²) in [6.07, 6.45) is 0. The van der Waals surface area contributed by atoms with Gasteiger partial charge in [-0.15, -0.1) is 0 Å². The number of rotatable bonds is 7. The molecule has 0 radical (unpaired) electrons. The van der Waals surface area contributed by atoms with Crippen molar-refractivity contribution in [3.63, 3.8) is 0 Å². The predicted octanol–water partition coefficient (Wildman–Crippen LogP) is 4.34. The molecule has 0 bridgehead atoms. The van der Waals surface area contributed by atoms with E-state index in [1.807, 2.05) is 48.5 Å². The van der Waals surface area contributed by atoms with Crippen molar-refractivity contribution in [3.8, 4) is 6.07 Å². The Kier molecular flexibility index (Phi) is 6.15. The third-order valence-corrected chi connectivity index (χ3v) is 5.05. The third kappa shape index (κ3) is 4.50. The number of hydrogen-bond donors (Lipinski definition) is 0. The highest BCUT2D eigenvalue weighted by molar-refractivity contribution is 7.99. The molecule has 0 aliphatic carbocycles. The van der Waals surface area contributed by atoms with Gasteiger partial charge in [0.2, 0.25) is 5.91 Å². The molecule has 0 fully saturated rings. The second kappa shape index (κ2) is 8.74. The molecule has 1 aromatic heterocycles. The van der Waals surface area contributed by atoms with E-state index < -0.39 is 0 Å². The number of thioether (sulfide) groups is 1. The SMILES string of the molecule is CC(C)Cn1c(SCC(=O)N(CC#N)c2ccccc2)nc2ccccc21. The van der Waals surface area contributed by atoms with E-state index in [0.717, 1.165) is 28.4 Å². The summed E-state index contributed by atoms with van der Waals surface area (Å²) < 4.78 is 2.18. The molecule has 0 unspecified atom stereocenters. The van der Waals surface area contributed by atoms with Gasteiger partial charge in [-0.05, 0) is 30.2 Å². The second-order valence-corrected chi connectivity index (χ2v) is 7.59. The van der Waals surface area contributed by atoms with Crippen LogP contribution in [0.3, 0.4) is 0 Å². The fourth-order valence-corrected chi connectivity index (χ4v) is 3.81. The summed E-state index contributed by atoms with van der Waals surface area (Å²) in [5.74, 6) is 0.603. The molecule has 2 aromatic carbocycles. The van der Waals surface area contributed by atoms with Crippen LogP contribution in [-0.4, -0.2) is 27.8 Å². The Hall–Kier alpha value is -2.78. The van der Waals surface area contributed by atoms with E-state index in [1.54, 1.807) is 0 Å². The highest BCUT2D eigenvalue weighted by Gasteiger charge is 2.18. The maximum atomic E-state index is 12.8. The fourth-order valence-electron chi connectivity index (χ4n) is 2.91. The van der Waals surface area contributed by atoms with Crippen LogP contribution in [0.15, 0.2) is 59.8 Å². The van der Waals surface area contributed by atoms with Crippen molar-refractivity contribution >= 4 is 34.4 Å². The first-order chi connectivity index (χ1) is 13.1. The maximum absolute atomic E-state index is 12.8. The number of nitriles is 1. The molecule has 0 aliphatic heterocycles. The van der Waals surface area contributed by atoms with Crippen molar-refractivity contribution < 1.29 is 4.79 Å². The molecule has 0 spiro atoms. The molecular formula is C21H22N4OS. The van der Waals surface area contributed by atoms with Crippen molar-refractivity contribution in [2.24, 2.45) is 5.92 Å². The Morgan fingerprint density at radius 1 is 1.19 bits per heavy atom. The third-order valence-electron chi connectivity index (χ3n) is 4.09. The van der Waals surface area contributed by atoms with Gasteiger partial charge in [0.05, 0.1) is 22.9 Å². The number of hydrogen-bond acceptors (Lipinski definition) is 4. The molecule has 138 valence electrons. The van der Waals surface area contributed by atoms with Crippen LogP contribution in [0.1, 0.15) is 13.8 Å². The minimum atomic E-state index is -0.101. The number of benzene rings is 2. The van der Waals surface area contributed by atoms with Crippen molar-refractivity contribution in [2.75, 3.05) is 17.2 Å². The second-order valence-electron chi connectivity index (χ2n) is 6.65. The minimum absolute atomic E-state index is 0.0335. The van der Waals surface area contributed by atoms with Crippen LogP contribution < -0.4 is 4.90 Å². The monoisotopic (exact) mass is 378 g/mol. The molecule has 3 aromatic rings. The van der Waals surface area contributed by atoms with E-state index in [4.69, 9.17) is 10.2 Å². The number of para-hydroxylation sites is 3. The Bertz CT molecular complexity index is 959. The normalized spacial score (nSPS) is 10.9. The quantitative estimate of drug-likeness (QED) is 0.453. The van der Waals surface area contributed by atoms with Crippen LogP contribution >= 0.6 is 11.8 Å². The van der Waals surface area contributed by atoms with Gasteiger partial charge in [0, 0.05) is 12.2 Å². The van der Waals surface area contributed by atoms with E-state index in [9.17, 15) is 4.79 Å². The molecule has 0 atom stereocenters. The minimum Gasteiger partial charge on any atom is -0.319 e. The van der Waals surface area contributed by atoms with E-state index in [2.05, 4.69) is 30.6 Å². The molecule has 1 amide bonds. The largest absolute Gasteiger partial charge is 0.319 e. The van der Waals surface area contributed by atoms with Crippen LogP contribution in [0.2, 0.25) is 0 Å². The summed E-state index contributed by atoms with van der Waals surface area (Å²) in [5, 5.41) is 9.94. The van der Waals surface area contributed by atoms with Gasteiger partial charge in [-0.3, -0.25) is 9.69 Å². The zero-order valence-electron chi connectivity index (χ0n) is 15.5. The molecule has 5 nitrogen and oxygen atoms in total. The first-order valence-corrected chi connectivity index (χ1v) is 9.89. The average molecular weight is 379 g/mol. The lowest BCUT2D eigenvalue weighted by Crippen LogP contribution is -2.32. The van der Waals surface area contributed by atoms with Gasteiger partial charge in [0.15, 0.2) is 5.16 Å². The molecular weight excluding hydrogens is 356 g/mol. The topological polar surface area (TPSA) is 61.9 Å². The lowest BCUT2D eigenvalue weighted by atomic mass is 10.2. The van der Waals surface area contributed by atoms with Crippen LogP contribution in [0.4, 0.5) is 5.69 Å². The molecule has 0 N–H and O–H groups in total. The summed E-state index contributed by atoms with van der Waals surface area (Å²) in [5.41, 5.74) is 2.75. The van der Waals surface area contributed by atoms with Crippen LogP contribution in [0, 0.1) is 17.2 Å². The lowest BCUT2D eigenvalue weighted by molar-refractivity contribution is -0.116. The van der Waals surface area contributed by atoms with Crippen LogP contribution in [0.25, 0.3) is 11.0 Å². The summed E-state index contributed by atoms with van der Waals surface area (Å²) >= 11 is 1.42. The van der Waals surface area contributed by atoms with Gasteiger partial charge >= 0.3 is 0 Å². The van der Waals surface area contributed by atoms with E-state index in [-0.39, 0.29) is 18.2 Å². The smallest absolute Gasteiger partial charge is 0.238 e. The molecule has 3 rings (SSSR count). The summed E-state index contributed by atoms with van der Waals surface area (Å²) in [4.78, 5) is 19.0. The van der Waals surface area contributed by atoms with Crippen LogP contribution in [-0.2, 0) is 11.3 Å². The molecule has 1 heterocycles. The summed E-state index contributed by atoms with van der Waals surface area (Å²) in [6, 6.07) is 19.4. The van der Waals surface area contributed by atoms with Gasteiger partial charge < -0.3 is 4.57 Å². The molecule has 6 heteroatoms. The number of carbonyl (C=O) groups is 1. The predicted molar refractivity (Wildman–Crippen MR) is 110 cm³/mol. The number of amides is 1. The number of anilines is 1. The van der Waals surface area contributed by atoms with E-state index in [1.165, 1.54) is 16.7 Å². The number of imidazole rings is 1. The molecule has 0 saturated heterocycles. The van der Waals surface area contributed by atoms with E-state index in [0.29, 0.717) is 5.92 Å². The Labute approximate surface area is 163 Å². The van der Waals surface area contributed by atoms with Crippen molar-refractivity contribution in [1.82, 2.24) is 9.55 Å². The first-order valence-electron chi connectivity index (χ1n) is 8.90. The van der Waals surface area contributed by atoms with Crippen molar-refractivity contribution in [3.05, 3.63) is 54.6 Å². The van der Waals surface area contributed by atoms with Crippen molar-refractivity contribution in [1.29, 1.82) is 5.26 Å². The molecule has 0 aliphatic rings. The van der Waals surface area contributed by atoms with Crippen molar-refractivity contribution in [2.45, 2.75) is 25.5 Å². The first kappa shape index (κ1) is 19.0. The highest BCUT2D eigenvalue weighted by Crippen LogP contribution is 2.26. The van der Waals surface area contributed by atoms with Gasteiger partial charge in [-0.25, -0.2) is 4.98 Å². The molecule has 0 saturated carbocycles. The zero-order chi connectivity index (χ0) is 19.2. The number of aromatic nitrogens is 2. The zero-order valence-corrected chi connectivity index (χ0v) is 16.3. The summed E-state index contributed by atoms with van der Waals surface area (Å²) in [7, 11) is 0. The molecule has 27 heavy (non-hydrogen) atoms. The van der Waals surface area contributed by atoms with Gasteiger partial charge in [-0.2, -0.15) is 5.26 Å². The summed E-state index contributed by atoms with van der Waals surface area (Å²) in [6.45, 7) is 5.21. The standard InChI is InChI=1S/C21H22N4OS/c1-16(2)14-25-19-11-7-6-10-18(19)23-21(25)27-15-20(26)24(13-12-22)17-8-4-3-5-9-17/h3-11,16H,13-15H2,1-2H3. The number of nitrogens with zero attached hydrogens (tertiary/aromatic N) is 4. The number of carbonyl (C=O) groups excluding carboxylic acids is 1. The van der Waals surface area contributed by atoms with E-state index >= 15 is 0 Å². The van der Waals surface area contributed by atoms with Gasteiger partial charge in [0.1, 0.15) is 6.54 Å². The average Bonchev–Trinajstić information content (AvgIpc) is 3.02. The van der Waals surface area contributed by atoms with Gasteiger partial charge in [0.25, 0.3) is 0 Å². The Morgan fingerprint density at radius 3 is 2.59 bits per heavy atom. The fraction of sp³-hybridized carbons (Fsp3) is 0.286. The maximum Gasteiger partial charge on any atom is 0.238 e. The highest BCUT2D eigenvalue weighted by atomic mass is 32.2. The Balaban J connectivity index is 1.81. The van der Waals surface area contributed by atoms with Crippen LogP contribution in [0.5, 0.6) is 0 Å². The number of fused-ring (bicyclic) bond motifs is 1. The lowest BCUT2D eigenvalue weighted by Gasteiger charge is -2.19. The Morgan fingerprint density at radius 2 is 1.89 bits per heavy atom.